The highest BCUT2D eigenvalue weighted by atomic mass is 31.2. The minimum absolute atomic E-state index is 0.150. The molecular weight excluding hydrogens is 340 g/mol. The topological polar surface area (TPSA) is 176 Å². The number of carboxylic acid groups (broad SMARTS) is 1. The lowest BCUT2D eigenvalue weighted by molar-refractivity contribution is -0.143. The van der Waals surface area contributed by atoms with Gasteiger partial charge in [-0.15, -0.1) is 0 Å². The van der Waals surface area contributed by atoms with Gasteiger partial charge in [-0.2, -0.15) is 0 Å². The van der Waals surface area contributed by atoms with Crippen molar-refractivity contribution in [1.82, 2.24) is 4.90 Å². The van der Waals surface area contributed by atoms with Crippen LogP contribution in [-0.2, 0) is 13.9 Å². The van der Waals surface area contributed by atoms with E-state index in [2.05, 4.69) is 0 Å². The van der Waals surface area contributed by atoms with Crippen molar-refractivity contribution in [1.29, 1.82) is 0 Å². The largest absolute Gasteiger partial charge is 0.480 e. The van der Waals surface area contributed by atoms with Gasteiger partial charge in [0.25, 0.3) is 0 Å². The van der Waals surface area contributed by atoms with Gasteiger partial charge in [0, 0.05) is 31.3 Å². The van der Waals surface area contributed by atoms with E-state index < -0.39 is 33.8 Å². The Morgan fingerprint density at radius 3 is 1.68 bits per heavy atom. The van der Waals surface area contributed by atoms with Crippen LogP contribution in [0.3, 0.4) is 0 Å². The summed E-state index contributed by atoms with van der Waals surface area (Å²) in [6.45, 7) is -0.807. The number of carboxylic acids is 1. The van der Waals surface area contributed by atoms with Crippen LogP contribution >= 0.6 is 15.2 Å². The van der Waals surface area contributed by atoms with E-state index in [1.807, 2.05) is 0 Å². The number of hydrogen-bond acceptors (Lipinski definition) is 5. The third-order valence-electron chi connectivity index (χ3n) is 2.41. The van der Waals surface area contributed by atoms with Crippen molar-refractivity contribution in [2.24, 2.45) is 0 Å². The molecule has 0 saturated heterocycles. The number of carbonyl (C=O) groups is 1. The highest BCUT2D eigenvalue weighted by Crippen LogP contribution is 2.36. The van der Waals surface area contributed by atoms with Gasteiger partial charge < -0.3 is 29.8 Å². The minimum atomic E-state index is -4.39. The fraction of sp³-hybridized carbons (Fsp3) is 0.500. The summed E-state index contributed by atoms with van der Waals surface area (Å²) >= 11 is 0. The predicted octanol–water partition coefficient (Wildman–Crippen LogP) is -0.493. The van der Waals surface area contributed by atoms with Crippen LogP contribution in [0.25, 0.3) is 0 Å². The molecule has 0 fully saturated rings. The van der Waals surface area contributed by atoms with Crippen LogP contribution in [0.4, 0.5) is 0 Å². The standard InChI is InChI=1S/C10H19NO9P2/c12-6-3-9(10(13)14)11(4-1-7-21(15,16)17)5-2-8-22(18,19)20/h1-2,7-9,12H,3-6H2,(H,13,14)(H2,15,16,17)(H2,18,19,20)/t9-/m0/s1. The third-order valence-corrected chi connectivity index (χ3v) is 3.61. The number of nitrogens with zero attached hydrogens (tertiary/aromatic N) is 1. The van der Waals surface area contributed by atoms with Crippen LogP contribution < -0.4 is 0 Å². The molecule has 0 amide bonds. The van der Waals surface area contributed by atoms with Crippen LogP contribution in [0.5, 0.6) is 0 Å². The molecular formula is C10H19NO9P2. The molecule has 0 aliphatic heterocycles. The molecule has 128 valence electrons. The summed E-state index contributed by atoms with van der Waals surface area (Å²) in [4.78, 5) is 47.1. The molecule has 0 spiro atoms. The van der Waals surface area contributed by atoms with Gasteiger partial charge in [0.2, 0.25) is 0 Å². The Balaban J connectivity index is 5.07. The van der Waals surface area contributed by atoms with E-state index in [1.54, 1.807) is 0 Å². The molecule has 0 bridgehead atoms. The molecule has 0 aromatic rings. The van der Waals surface area contributed by atoms with E-state index in [-0.39, 0.29) is 19.5 Å². The zero-order valence-corrected chi connectivity index (χ0v) is 13.3. The molecule has 0 unspecified atom stereocenters. The Morgan fingerprint density at radius 2 is 1.41 bits per heavy atom. The van der Waals surface area contributed by atoms with Crippen molar-refractivity contribution in [3.8, 4) is 0 Å². The average molecular weight is 359 g/mol. The maximum Gasteiger partial charge on any atom is 0.348 e. The molecule has 1 atom stereocenters. The van der Waals surface area contributed by atoms with Gasteiger partial charge in [0.1, 0.15) is 6.04 Å². The van der Waals surface area contributed by atoms with Crippen LogP contribution in [0.1, 0.15) is 6.42 Å². The fourth-order valence-electron chi connectivity index (χ4n) is 1.55. The van der Waals surface area contributed by atoms with Gasteiger partial charge in [-0.3, -0.25) is 18.8 Å². The quantitative estimate of drug-likeness (QED) is 0.279. The summed E-state index contributed by atoms with van der Waals surface area (Å²) in [6.07, 6.45) is 1.96. The molecule has 6 N–H and O–H groups in total. The summed E-state index contributed by atoms with van der Waals surface area (Å²) in [5, 5.41) is 18.0. The van der Waals surface area contributed by atoms with Crippen LogP contribution in [0.2, 0.25) is 0 Å². The first-order valence-corrected chi connectivity index (χ1v) is 9.36. The third kappa shape index (κ3) is 10.8. The zero-order valence-electron chi connectivity index (χ0n) is 11.5. The first-order chi connectivity index (χ1) is 9.96. The lowest BCUT2D eigenvalue weighted by Crippen LogP contribution is -2.42. The Morgan fingerprint density at radius 1 is 1.00 bits per heavy atom. The number of hydrogen-bond donors (Lipinski definition) is 6. The molecule has 0 aliphatic rings. The van der Waals surface area contributed by atoms with Crippen molar-refractivity contribution in [3.63, 3.8) is 0 Å². The molecule has 0 aliphatic carbocycles. The SMILES string of the molecule is O=C(O)[C@H](CCO)N(CC=CP(=O)(O)O)CC=CP(=O)(O)O. The summed E-state index contributed by atoms with van der Waals surface area (Å²) < 4.78 is 21.4. The lowest BCUT2D eigenvalue weighted by Gasteiger charge is -2.26. The van der Waals surface area contributed by atoms with E-state index in [0.29, 0.717) is 11.6 Å². The van der Waals surface area contributed by atoms with Gasteiger partial charge in [-0.1, -0.05) is 12.2 Å². The molecule has 0 aromatic carbocycles. The molecule has 0 heterocycles. The second kappa shape index (κ2) is 9.34. The first-order valence-electron chi connectivity index (χ1n) is 6.00. The van der Waals surface area contributed by atoms with Gasteiger partial charge in [-0.05, 0) is 6.42 Å². The van der Waals surface area contributed by atoms with Crippen molar-refractivity contribution in [3.05, 3.63) is 23.8 Å². The molecule has 0 radical (unpaired) electrons. The van der Waals surface area contributed by atoms with Crippen LogP contribution in [0.15, 0.2) is 23.8 Å². The van der Waals surface area contributed by atoms with E-state index in [1.165, 1.54) is 4.90 Å². The highest BCUT2D eigenvalue weighted by Gasteiger charge is 2.24. The Hall–Kier alpha value is -0.830. The second-order valence-corrected chi connectivity index (χ2v) is 7.22. The Labute approximate surface area is 126 Å². The zero-order chi connectivity index (χ0) is 17.4. The van der Waals surface area contributed by atoms with E-state index in [4.69, 9.17) is 29.8 Å². The molecule has 0 saturated carbocycles. The molecule has 10 nitrogen and oxygen atoms in total. The summed E-state index contributed by atoms with van der Waals surface area (Å²) in [7, 11) is -8.78. The van der Waals surface area contributed by atoms with Crippen molar-refractivity contribution in [2.75, 3.05) is 19.7 Å². The van der Waals surface area contributed by atoms with Crippen molar-refractivity contribution in [2.45, 2.75) is 12.5 Å². The van der Waals surface area contributed by atoms with Crippen LogP contribution in [0, 0.1) is 0 Å². The van der Waals surface area contributed by atoms with E-state index in [0.717, 1.165) is 12.2 Å². The monoisotopic (exact) mass is 359 g/mol. The normalized spacial score (nSPS) is 15.0. The highest BCUT2D eigenvalue weighted by molar-refractivity contribution is 7.55. The fourth-order valence-corrected chi connectivity index (χ4v) is 2.29. The Kier molecular flexibility index (Phi) is 8.99. The summed E-state index contributed by atoms with van der Waals surface area (Å²) in [6, 6.07) is -1.17. The average Bonchev–Trinajstić information content (AvgIpc) is 2.31. The number of aliphatic hydroxyl groups is 1. The van der Waals surface area contributed by atoms with Gasteiger partial charge in [0.15, 0.2) is 0 Å². The molecule has 12 heteroatoms. The summed E-state index contributed by atoms with van der Waals surface area (Å²) in [5.74, 6) is -0.0713. The van der Waals surface area contributed by atoms with Gasteiger partial charge in [0.05, 0.1) is 0 Å². The first kappa shape index (κ1) is 21.2. The lowest BCUT2D eigenvalue weighted by atomic mass is 10.2. The van der Waals surface area contributed by atoms with E-state index in [9.17, 15) is 13.9 Å². The van der Waals surface area contributed by atoms with E-state index >= 15 is 0 Å². The molecule has 0 aromatic heterocycles. The maximum absolute atomic E-state index is 11.1. The van der Waals surface area contributed by atoms with Crippen molar-refractivity contribution < 1.29 is 43.7 Å². The number of aliphatic carboxylic acids is 1. The Bertz CT molecular complexity index is 473. The number of rotatable bonds is 10. The van der Waals surface area contributed by atoms with Crippen molar-refractivity contribution >= 4 is 21.2 Å². The van der Waals surface area contributed by atoms with Gasteiger partial charge >= 0.3 is 21.2 Å². The smallest absolute Gasteiger partial charge is 0.348 e. The minimum Gasteiger partial charge on any atom is -0.480 e. The second-order valence-electron chi connectivity index (χ2n) is 4.27. The molecule has 0 rings (SSSR count). The molecule has 22 heavy (non-hydrogen) atoms. The van der Waals surface area contributed by atoms with Gasteiger partial charge in [-0.25, -0.2) is 0 Å². The predicted molar refractivity (Wildman–Crippen MR) is 77.1 cm³/mol. The van der Waals surface area contributed by atoms with Crippen LogP contribution in [-0.4, -0.2) is 66.4 Å². The maximum atomic E-state index is 11.1. The summed E-state index contributed by atoms with van der Waals surface area (Å²) in [5.41, 5.74) is 0. The number of aliphatic hydroxyl groups excluding tert-OH is 1.